The van der Waals surface area contributed by atoms with E-state index in [0.717, 1.165) is 11.8 Å². The van der Waals surface area contributed by atoms with Crippen molar-refractivity contribution in [2.45, 2.75) is 38.5 Å². The molecule has 0 aliphatic heterocycles. The van der Waals surface area contributed by atoms with E-state index in [1.807, 2.05) is 0 Å². The highest BCUT2D eigenvalue weighted by Gasteiger charge is 2.20. The molecule has 0 aromatic carbocycles. The van der Waals surface area contributed by atoms with Crippen molar-refractivity contribution in [3.63, 3.8) is 0 Å². The average Bonchev–Trinajstić information content (AvgIpc) is 1.89. The van der Waals surface area contributed by atoms with Gasteiger partial charge < -0.3 is 0 Å². The third-order valence-corrected chi connectivity index (χ3v) is 3.07. The summed E-state index contributed by atoms with van der Waals surface area (Å²) in [5, 5.41) is 0. The van der Waals surface area contributed by atoms with Crippen LogP contribution in [-0.2, 0) is 0 Å². The first kappa shape index (κ1) is 6.45. The summed E-state index contributed by atoms with van der Waals surface area (Å²) in [5.74, 6) is 2.10. The molecule has 0 spiro atoms. The Morgan fingerprint density at radius 1 is 0.700 bits per heavy atom. The molecule has 0 unspecified atom stereocenters. The SMILES string of the molecule is C1=C\CC2CCC(C/1)CC2. The second-order valence-electron chi connectivity index (χ2n) is 3.83. The molecule has 0 nitrogen and oxygen atoms in total. The molecular weight excluding hydrogens is 120 g/mol. The fraction of sp³-hybridized carbons (Fsp3) is 0.800. The summed E-state index contributed by atoms with van der Waals surface area (Å²) in [6.07, 6.45) is 13.6. The molecule has 0 saturated heterocycles. The maximum Gasteiger partial charge on any atom is -0.0322 e. The van der Waals surface area contributed by atoms with Crippen LogP contribution in [0.3, 0.4) is 0 Å². The Hall–Kier alpha value is -0.260. The Labute approximate surface area is 63.3 Å². The zero-order chi connectivity index (χ0) is 6.81. The number of hydrogen-bond acceptors (Lipinski definition) is 0. The molecule has 2 bridgehead atoms. The van der Waals surface area contributed by atoms with E-state index in [9.17, 15) is 0 Å². The van der Waals surface area contributed by atoms with Gasteiger partial charge in [-0.1, -0.05) is 12.2 Å². The molecule has 3 rings (SSSR count). The van der Waals surface area contributed by atoms with Gasteiger partial charge in [-0.15, -0.1) is 0 Å². The standard InChI is InChI=1S/C10H16/c1-2-4-10-7-5-9(3-1)6-8-10/h1-2,9-10H,3-8H2/b2-1-. The quantitative estimate of drug-likeness (QED) is 0.449. The van der Waals surface area contributed by atoms with Crippen LogP contribution in [0.1, 0.15) is 38.5 Å². The van der Waals surface area contributed by atoms with E-state index < -0.39 is 0 Å². The van der Waals surface area contributed by atoms with Crippen LogP contribution in [-0.4, -0.2) is 0 Å². The van der Waals surface area contributed by atoms with Crippen molar-refractivity contribution in [1.29, 1.82) is 0 Å². The number of hydrogen-bond donors (Lipinski definition) is 0. The van der Waals surface area contributed by atoms with Crippen LogP contribution < -0.4 is 0 Å². The second-order valence-corrected chi connectivity index (χ2v) is 3.83. The van der Waals surface area contributed by atoms with Gasteiger partial charge in [-0.3, -0.25) is 0 Å². The van der Waals surface area contributed by atoms with Crippen LogP contribution in [0.25, 0.3) is 0 Å². The van der Waals surface area contributed by atoms with E-state index in [1.54, 1.807) is 0 Å². The monoisotopic (exact) mass is 136 g/mol. The fourth-order valence-corrected chi connectivity index (χ4v) is 2.28. The van der Waals surface area contributed by atoms with Crippen LogP contribution in [0.5, 0.6) is 0 Å². The fourth-order valence-electron chi connectivity index (χ4n) is 2.28. The van der Waals surface area contributed by atoms with Crippen LogP contribution in [0.15, 0.2) is 12.2 Å². The Morgan fingerprint density at radius 2 is 1.10 bits per heavy atom. The molecule has 0 aromatic rings. The van der Waals surface area contributed by atoms with Crippen molar-refractivity contribution in [1.82, 2.24) is 0 Å². The van der Waals surface area contributed by atoms with Gasteiger partial charge in [-0.25, -0.2) is 0 Å². The van der Waals surface area contributed by atoms with E-state index in [-0.39, 0.29) is 0 Å². The maximum absolute atomic E-state index is 2.40. The molecule has 1 saturated carbocycles. The molecule has 0 heteroatoms. The molecule has 0 aromatic heterocycles. The maximum atomic E-state index is 2.40. The third-order valence-electron chi connectivity index (χ3n) is 3.07. The molecule has 0 N–H and O–H groups in total. The van der Waals surface area contributed by atoms with E-state index in [1.165, 1.54) is 38.5 Å². The molecule has 0 atom stereocenters. The van der Waals surface area contributed by atoms with Crippen molar-refractivity contribution in [3.05, 3.63) is 12.2 Å². The first-order valence-corrected chi connectivity index (χ1v) is 4.60. The Bertz CT molecular complexity index is 111. The summed E-state index contributed by atoms with van der Waals surface area (Å²) >= 11 is 0. The summed E-state index contributed by atoms with van der Waals surface area (Å²) in [6, 6.07) is 0. The van der Waals surface area contributed by atoms with Gasteiger partial charge in [0.15, 0.2) is 0 Å². The largest absolute Gasteiger partial charge is 0.0883 e. The molecule has 0 radical (unpaired) electrons. The van der Waals surface area contributed by atoms with Gasteiger partial charge in [0.25, 0.3) is 0 Å². The Morgan fingerprint density at radius 3 is 1.50 bits per heavy atom. The van der Waals surface area contributed by atoms with Crippen LogP contribution in [0.4, 0.5) is 0 Å². The minimum atomic E-state index is 1.05. The minimum absolute atomic E-state index is 1.05. The molecule has 3 aliphatic rings. The molecule has 0 heterocycles. The second kappa shape index (κ2) is 2.77. The summed E-state index contributed by atoms with van der Waals surface area (Å²) < 4.78 is 0. The number of rotatable bonds is 0. The highest BCUT2D eigenvalue weighted by molar-refractivity contribution is 4.91. The van der Waals surface area contributed by atoms with Crippen molar-refractivity contribution >= 4 is 0 Å². The van der Waals surface area contributed by atoms with Crippen LogP contribution in [0, 0.1) is 11.8 Å². The van der Waals surface area contributed by atoms with Crippen molar-refractivity contribution in [3.8, 4) is 0 Å². The lowest BCUT2D eigenvalue weighted by molar-refractivity contribution is 0.270. The Balaban J connectivity index is 2.06. The van der Waals surface area contributed by atoms with Gasteiger partial charge in [0.2, 0.25) is 0 Å². The number of allylic oxidation sites excluding steroid dienone is 2. The molecule has 1 fully saturated rings. The minimum Gasteiger partial charge on any atom is -0.0883 e. The normalized spacial score (nSPS) is 42.4. The van der Waals surface area contributed by atoms with Gasteiger partial charge in [0, 0.05) is 0 Å². The Kier molecular flexibility index (Phi) is 1.79. The molecule has 10 heavy (non-hydrogen) atoms. The smallest absolute Gasteiger partial charge is 0.0322 e. The van der Waals surface area contributed by atoms with Crippen molar-refractivity contribution in [2.75, 3.05) is 0 Å². The van der Waals surface area contributed by atoms with Gasteiger partial charge in [-0.2, -0.15) is 0 Å². The predicted octanol–water partition coefficient (Wildman–Crippen LogP) is 3.14. The topological polar surface area (TPSA) is 0 Å². The first-order valence-electron chi connectivity index (χ1n) is 4.60. The van der Waals surface area contributed by atoms with E-state index >= 15 is 0 Å². The summed E-state index contributed by atoms with van der Waals surface area (Å²) in [4.78, 5) is 0. The summed E-state index contributed by atoms with van der Waals surface area (Å²) in [7, 11) is 0. The van der Waals surface area contributed by atoms with E-state index in [2.05, 4.69) is 12.2 Å². The van der Waals surface area contributed by atoms with Gasteiger partial charge in [0.05, 0.1) is 0 Å². The lowest BCUT2D eigenvalue weighted by Gasteiger charge is -2.29. The highest BCUT2D eigenvalue weighted by atomic mass is 14.3. The van der Waals surface area contributed by atoms with E-state index in [0.29, 0.717) is 0 Å². The van der Waals surface area contributed by atoms with Gasteiger partial charge >= 0.3 is 0 Å². The number of fused-ring (bicyclic) bond motifs is 4. The van der Waals surface area contributed by atoms with Gasteiger partial charge in [0.1, 0.15) is 0 Å². The van der Waals surface area contributed by atoms with Crippen molar-refractivity contribution in [2.24, 2.45) is 11.8 Å². The van der Waals surface area contributed by atoms with Crippen LogP contribution in [0.2, 0.25) is 0 Å². The summed E-state index contributed by atoms with van der Waals surface area (Å²) in [5.41, 5.74) is 0. The lowest BCUT2D eigenvalue weighted by Crippen LogP contribution is -2.15. The summed E-state index contributed by atoms with van der Waals surface area (Å²) in [6.45, 7) is 0. The third kappa shape index (κ3) is 1.25. The predicted molar refractivity (Wildman–Crippen MR) is 43.8 cm³/mol. The van der Waals surface area contributed by atoms with E-state index in [4.69, 9.17) is 0 Å². The van der Waals surface area contributed by atoms with Crippen LogP contribution >= 0.6 is 0 Å². The van der Waals surface area contributed by atoms with Gasteiger partial charge in [-0.05, 0) is 50.4 Å². The zero-order valence-corrected chi connectivity index (χ0v) is 6.55. The molecular formula is C10H16. The average molecular weight is 136 g/mol. The zero-order valence-electron chi connectivity index (χ0n) is 6.55. The molecule has 3 aliphatic carbocycles. The van der Waals surface area contributed by atoms with Crippen molar-refractivity contribution < 1.29 is 0 Å². The molecule has 0 amide bonds. The highest BCUT2D eigenvalue weighted by Crippen LogP contribution is 2.34. The molecule has 56 valence electrons. The lowest BCUT2D eigenvalue weighted by atomic mass is 9.77. The first-order chi connectivity index (χ1) is 4.95.